The maximum Gasteiger partial charge on any atom is 0.277 e. The third-order valence-electron chi connectivity index (χ3n) is 3.56. The minimum absolute atomic E-state index is 0.127. The first-order valence-corrected chi connectivity index (χ1v) is 7.29. The van der Waals surface area contributed by atoms with Crippen molar-refractivity contribution in [3.05, 3.63) is 90.3 Å². The molecule has 3 aromatic rings. The molecule has 1 aromatic heterocycles. The summed E-state index contributed by atoms with van der Waals surface area (Å²) in [7, 11) is 0. The van der Waals surface area contributed by atoms with Crippen molar-refractivity contribution in [3.63, 3.8) is 0 Å². The van der Waals surface area contributed by atoms with Gasteiger partial charge in [0.25, 0.3) is 5.91 Å². The first-order chi connectivity index (χ1) is 11.2. The minimum Gasteiger partial charge on any atom is -0.285 e. The van der Waals surface area contributed by atoms with Gasteiger partial charge in [0.15, 0.2) is 0 Å². The third-order valence-corrected chi connectivity index (χ3v) is 3.56. The van der Waals surface area contributed by atoms with E-state index in [0.29, 0.717) is 10.6 Å². The number of hydrogen-bond donors (Lipinski definition) is 1. The van der Waals surface area contributed by atoms with Crippen molar-refractivity contribution in [1.82, 2.24) is 10.0 Å². The molecule has 0 spiro atoms. The molecule has 0 aliphatic carbocycles. The first kappa shape index (κ1) is 14.9. The van der Waals surface area contributed by atoms with E-state index in [-0.39, 0.29) is 6.54 Å². The summed E-state index contributed by atoms with van der Waals surface area (Å²) < 4.78 is 0. The average Bonchev–Trinajstić information content (AvgIpc) is 2.63. The van der Waals surface area contributed by atoms with E-state index in [4.69, 9.17) is 0 Å². The van der Waals surface area contributed by atoms with Crippen molar-refractivity contribution in [1.29, 1.82) is 0 Å². The Morgan fingerprint density at radius 2 is 1.48 bits per heavy atom. The van der Waals surface area contributed by atoms with Crippen LogP contribution in [0.15, 0.2) is 79.1 Å². The zero-order valence-corrected chi connectivity index (χ0v) is 12.5. The van der Waals surface area contributed by atoms with E-state index in [0.717, 1.165) is 16.7 Å². The molecule has 0 fully saturated rings. The van der Waals surface area contributed by atoms with Crippen LogP contribution in [0.4, 0.5) is 0 Å². The van der Waals surface area contributed by atoms with Gasteiger partial charge < -0.3 is 0 Å². The molecule has 4 nitrogen and oxygen atoms in total. The lowest BCUT2D eigenvalue weighted by Gasteiger charge is -2.15. The number of hydroxylamine groups is 2. The maximum atomic E-state index is 12.3. The number of carbonyl (C=O) groups excluding carboxylic acids is 1. The lowest BCUT2D eigenvalue weighted by Crippen LogP contribution is -2.26. The Morgan fingerprint density at radius 3 is 2.13 bits per heavy atom. The number of rotatable bonds is 4. The lowest BCUT2D eigenvalue weighted by molar-refractivity contribution is -0.0648. The van der Waals surface area contributed by atoms with E-state index in [2.05, 4.69) is 4.98 Å². The molecule has 0 aliphatic rings. The van der Waals surface area contributed by atoms with Gasteiger partial charge in [-0.25, -0.2) is 5.06 Å². The van der Waals surface area contributed by atoms with Crippen molar-refractivity contribution >= 4 is 5.91 Å². The van der Waals surface area contributed by atoms with Crippen LogP contribution >= 0.6 is 0 Å². The predicted molar refractivity (Wildman–Crippen MR) is 87.8 cm³/mol. The Hall–Kier alpha value is -2.98. The Labute approximate surface area is 134 Å². The summed E-state index contributed by atoms with van der Waals surface area (Å²) in [5.74, 6) is -0.429. The van der Waals surface area contributed by atoms with Crippen molar-refractivity contribution < 1.29 is 10.0 Å². The van der Waals surface area contributed by atoms with Crippen LogP contribution in [0.3, 0.4) is 0 Å². The maximum absolute atomic E-state index is 12.3. The first-order valence-electron chi connectivity index (χ1n) is 7.29. The van der Waals surface area contributed by atoms with Gasteiger partial charge in [-0.05, 0) is 41.0 Å². The molecule has 0 unspecified atom stereocenters. The molecule has 1 N–H and O–H groups in total. The number of pyridine rings is 1. The molecule has 1 amide bonds. The second-order valence-corrected chi connectivity index (χ2v) is 5.16. The number of aromatic nitrogens is 1. The largest absolute Gasteiger partial charge is 0.285 e. The standard InChI is InChI=1S/C19H16N2O2/c22-19(21(23)14-15-10-12-20-13-11-15)18-8-6-17(7-9-18)16-4-2-1-3-5-16/h1-13,23H,14H2. The highest BCUT2D eigenvalue weighted by molar-refractivity contribution is 5.93. The molecule has 0 aliphatic heterocycles. The average molecular weight is 304 g/mol. The summed E-state index contributed by atoms with van der Waals surface area (Å²) >= 11 is 0. The number of amides is 1. The summed E-state index contributed by atoms with van der Waals surface area (Å²) in [4.78, 5) is 16.2. The van der Waals surface area contributed by atoms with E-state index in [1.165, 1.54) is 0 Å². The van der Waals surface area contributed by atoms with E-state index in [1.54, 1.807) is 36.7 Å². The molecule has 1 heterocycles. The van der Waals surface area contributed by atoms with Gasteiger partial charge in [-0.15, -0.1) is 0 Å². The summed E-state index contributed by atoms with van der Waals surface area (Å²) in [6.07, 6.45) is 3.25. The smallest absolute Gasteiger partial charge is 0.277 e. The molecule has 2 aromatic carbocycles. The molecule has 0 radical (unpaired) electrons. The van der Waals surface area contributed by atoms with Crippen LogP contribution in [0.1, 0.15) is 15.9 Å². The fraction of sp³-hybridized carbons (Fsp3) is 0.0526. The van der Waals surface area contributed by atoms with Crippen LogP contribution in [0.2, 0.25) is 0 Å². The fourth-order valence-corrected chi connectivity index (χ4v) is 2.32. The SMILES string of the molecule is O=C(c1ccc(-c2ccccc2)cc1)N(O)Cc1ccncc1. The van der Waals surface area contributed by atoms with Crippen LogP contribution in [-0.4, -0.2) is 21.2 Å². The van der Waals surface area contributed by atoms with Crippen molar-refractivity contribution in [2.45, 2.75) is 6.54 Å². The molecular weight excluding hydrogens is 288 g/mol. The Kier molecular flexibility index (Phi) is 4.45. The van der Waals surface area contributed by atoms with Gasteiger partial charge in [0.1, 0.15) is 0 Å². The van der Waals surface area contributed by atoms with Gasteiger partial charge in [0.05, 0.1) is 6.54 Å². The van der Waals surface area contributed by atoms with Crippen LogP contribution in [-0.2, 0) is 6.54 Å². The summed E-state index contributed by atoms with van der Waals surface area (Å²) in [5, 5.41) is 10.7. The molecular formula is C19H16N2O2. The highest BCUT2D eigenvalue weighted by Crippen LogP contribution is 2.19. The monoisotopic (exact) mass is 304 g/mol. The summed E-state index contributed by atoms with van der Waals surface area (Å²) in [6, 6.07) is 20.6. The van der Waals surface area contributed by atoms with Gasteiger partial charge in [-0.1, -0.05) is 42.5 Å². The van der Waals surface area contributed by atoms with E-state index in [1.807, 2.05) is 42.5 Å². The zero-order valence-electron chi connectivity index (χ0n) is 12.5. The third kappa shape index (κ3) is 3.62. The fourth-order valence-electron chi connectivity index (χ4n) is 2.32. The van der Waals surface area contributed by atoms with E-state index < -0.39 is 5.91 Å². The topological polar surface area (TPSA) is 53.4 Å². The highest BCUT2D eigenvalue weighted by Gasteiger charge is 2.14. The minimum atomic E-state index is -0.429. The zero-order chi connectivity index (χ0) is 16.1. The highest BCUT2D eigenvalue weighted by atomic mass is 16.5. The van der Waals surface area contributed by atoms with E-state index in [9.17, 15) is 10.0 Å². The molecule has 4 heteroatoms. The second kappa shape index (κ2) is 6.85. The quantitative estimate of drug-likeness (QED) is 0.589. The van der Waals surface area contributed by atoms with Gasteiger partial charge >= 0.3 is 0 Å². The Balaban J connectivity index is 1.72. The van der Waals surface area contributed by atoms with Crippen molar-refractivity contribution in [2.24, 2.45) is 0 Å². The molecule has 23 heavy (non-hydrogen) atoms. The normalized spacial score (nSPS) is 10.3. The van der Waals surface area contributed by atoms with Gasteiger partial charge in [-0.3, -0.25) is 15.0 Å². The molecule has 0 saturated carbocycles. The second-order valence-electron chi connectivity index (χ2n) is 5.16. The predicted octanol–water partition coefficient (Wildman–Crippen LogP) is 3.78. The molecule has 0 atom stereocenters. The number of carbonyl (C=O) groups is 1. The molecule has 0 saturated heterocycles. The van der Waals surface area contributed by atoms with Crippen LogP contribution in [0, 0.1) is 0 Å². The summed E-state index contributed by atoms with van der Waals surface area (Å²) in [5.41, 5.74) is 3.38. The summed E-state index contributed by atoms with van der Waals surface area (Å²) in [6.45, 7) is 0.127. The Morgan fingerprint density at radius 1 is 0.870 bits per heavy atom. The van der Waals surface area contributed by atoms with Crippen LogP contribution in [0.25, 0.3) is 11.1 Å². The van der Waals surface area contributed by atoms with Crippen LogP contribution in [0.5, 0.6) is 0 Å². The van der Waals surface area contributed by atoms with Gasteiger partial charge in [0.2, 0.25) is 0 Å². The van der Waals surface area contributed by atoms with Crippen molar-refractivity contribution in [3.8, 4) is 11.1 Å². The van der Waals surface area contributed by atoms with Crippen LogP contribution < -0.4 is 0 Å². The lowest BCUT2D eigenvalue weighted by atomic mass is 10.0. The number of hydrogen-bond acceptors (Lipinski definition) is 3. The van der Waals surface area contributed by atoms with E-state index >= 15 is 0 Å². The molecule has 114 valence electrons. The molecule has 0 bridgehead atoms. The van der Waals surface area contributed by atoms with Gasteiger partial charge in [0, 0.05) is 18.0 Å². The Bertz CT molecular complexity index is 771. The number of benzene rings is 2. The van der Waals surface area contributed by atoms with Crippen molar-refractivity contribution in [2.75, 3.05) is 0 Å². The number of nitrogens with zero attached hydrogens (tertiary/aromatic N) is 2. The molecule has 3 rings (SSSR count). The van der Waals surface area contributed by atoms with Gasteiger partial charge in [-0.2, -0.15) is 0 Å².